The molecule has 3 rings (SSSR count). The normalized spacial score (nSPS) is 11.1. The third-order valence-corrected chi connectivity index (χ3v) is 6.88. The van der Waals surface area contributed by atoms with Crippen molar-refractivity contribution in [3.63, 3.8) is 0 Å². The number of aromatic nitrogens is 3. The Morgan fingerprint density at radius 3 is 2.67 bits per heavy atom. The molecule has 172 valence electrons. The molecule has 0 aliphatic heterocycles. The van der Waals surface area contributed by atoms with Crippen LogP contribution in [0.3, 0.4) is 0 Å². The van der Waals surface area contributed by atoms with Gasteiger partial charge < -0.3 is 15.2 Å². The molecule has 1 aromatic heterocycles. The highest BCUT2D eigenvalue weighted by Gasteiger charge is 2.13. The summed E-state index contributed by atoms with van der Waals surface area (Å²) in [6.07, 6.45) is 3.07. The predicted octanol–water partition coefficient (Wildman–Crippen LogP) is 4.91. The Labute approximate surface area is 210 Å². The van der Waals surface area contributed by atoms with E-state index in [9.17, 15) is 9.59 Å². The lowest BCUT2D eigenvalue weighted by molar-refractivity contribution is -0.116. The number of hydrogen-bond donors (Lipinski definition) is 2. The zero-order chi connectivity index (χ0) is 24.0. The average Bonchev–Trinajstić information content (AvgIpc) is 3.13. The molecule has 10 heteroatoms. The van der Waals surface area contributed by atoms with Crippen LogP contribution in [0.2, 0.25) is 5.02 Å². The highest BCUT2D eigenvalue weighted by Crippen LogP contribution is 2.26. The Morgan fingerprint density at radius 1 is 1.18 bits per heavy atom. The fraction of sp³-hybridized carbons (Fsp3) is 0.217. The zero-order valence-corrected chi connectivity index (χ0v) is 21.5. The van der Waals surface area contributed by atoms with Crippen molar-refractivity contribution in [2.45, 2.75) is 25.5 Å². The predicted molar refractivity (Wildman–Crippen MR) is 136 cm³/mol. The smallest absolute Gasteiger partial charge is 0.244 e. The van der Waals surface area contributed by atoms with Crippen molar-refractivity contribution in [3.8, 4) is 0 Å². The van der Waals surface area contributed by atoms with E-state index < -0.39 is 0 Å². The van der Waals surface area contributed by atoms with E-state index in [0.717, 1.165) is 26.9 Å². The molecule has 0 saturated carbocycles. The van der Waals surface area contributed by atoms with Crippen LogP contribution in [0.25, 0.3) is 6.08 Å². The molecule has 2 N–H and O–H groups in total. The van der Waals surface area contributed by atoms with E-state index in [1.807, 2.05) is 44.2 Å². The molecule has 3 aromatic rings. The Kier molecular flexibility index (Phi) is 8.71. The number of anilines is 1. The van der Waals surface area contributed by atoms with E-state index in [2.05, 4.69) is 36.8 Å². The molecule has 0 bridgehead atoms. The molecule has 0 aliphatic rings. The van der Waals surface area contributed by atoms with Gasteiger partial charge in [-0.25, -0.2) is 0 Å². The maximum atomic E-state index is 12.4. The maximum Gasteiger partial charge on any atom is 0.244 e. The van der Waals surface area contributed by atoms with Crippen LogP contribution in [0.5, 0.6) is 0 Å². The lowest BCUT2D eigenvalue weighted by atomic mass is 10.1. The molecule has 0 radical (unpaired) electrons. The monoisotopic (exact) mass is 547 g/mol. The lowest BCUT2D eigenvalue weighted by Crippen LogP contribution is -2.22. The van der Waals surface area contributed by atoms with Crippen molar-refractivity contribution in [3.05, 3.63) is 74.5 Å². The van der Waals surface area contributed by atoms with Crippen molar-refractivity contribution in [2.75, 3.05) is 11.1 Å². The summed E-state index contributed by atoms with van der Waals surface area (Å²) in [5.74, 6) is 0.337. The highest BCUT2D eigenvalue weighted by atomic mass is 79.9. The first-order chi connectivity index (χ1) is 15.7. The summed E-state index contributed by atoms with van der Waals surface area (Å²) in [6, 6.07) is 11.2. The van der Waals surface area contributed by atoms with Gasteiger partial charge in [0, 0.05) is 22.6 Å². The van der Waals surface area contributed by atoms with E-state index >= 15 is 0 Å². The van der Waals surface area contributed by atoms with Gasteiger partial charge in [0.25, 0.3) is 0 Å². The van der Waals surface area contributed by atoms with Gasteiger partial charge in [-0.3, -0.25) is 9.59 Å². The first kappa shape index (κ1) is 25.0. The number of nitrogens with one attached hydrogen (secondary N) is 2. The van der Waals surface area contributed by atoms with Gasteiger partial charge in [-0.05, 0) is 70.7 Å². The molecule has 7 nitrogen and oxygen atoms in total. The van der Waals surface area contributed by atoms with Crippen molar-refractivity contribution in [1.29, 1.82) is 0 Å². The summed E-state index contributed by atoms with van der Waals surface area (Å²) < 4.78 is 2.59. The topological polar surface area (TPSA) is 88.9 Å². The second kappa shape index (κ2) is 11.5. The van der Waals surface area contributed by atoms with E-state index in [1.54, 1.807) is 23.8 Å². The van der Waals surface area contributed by atoms with Crippen LogP contribution in [-0.2, 0) is 23.2 Å². The van der Waals surface area contributed by atoms with E-state index in [0.29, 0.717) is 16.0 Å². The van der Waals surface area contributed by atoms with Gasteiger partial charge in [0.1, 0.15) is 0 Å². The molecule has 0 aliphatic carbocycles. The fourth-order valence-electron chi connectivity index (χ4n) is 2.82. The van der Waals surface area contributed by atoms with Crippen molar-refractivity contribution in [1.82, 2.24) is 20.1 Å². The third-order valence-electron chi connectivity index (χ3n) is 4.86. The van der Waals surface area contributed by atoms with Crippen molar-refractivity contribution in [2.24, 2.45) is 7.05 Å². The van der Waals surface area contributed by atoms with Crippen LogP contribution < -0.4 is 10.6 Å². The highest BCUT2D eigenvalue weighted by molar-refractivity contribution is 9.10. The van der Waals surface area contributed by atoms with Crippen LogP contribution in [-0.4, -0.2) is 32.3 Å². The largest absolute Gasteiger partial charge is 0.345 e. The van der Waals surface area contributed by atoms with Crippen LogP contribution in [0, 0.1) is 13.8 Å². The number of aryl methyl sites for hydroxylation is 2. The molecule has 0 saturated heterocycles. The Bertz CT molecular complexity index is 1210. The summed E-state index contributed by atoms with van der Waals surface area (Å²) >= 11 is 10.8. The van der Waals surface area contributed by atoms with Gasteiger partial charge in [-0.2, -0.15) is 0 Å². The molecule has 0 fully saturated rings. The van der Waals surface area contributed by atoms with E-state index in [4.69, 9.17) is 11.6 Å². The Hall–Kier alpha value is -2.62. The molecule has 2 amide bonds. The van der Waals surface area contributed by atoms with E-state index in [1.165, 1.54) is 17.8 Å². The number of nitrogens with zero attached hydrogens (tertiary/aromatic N) is 3. The van der Waals surface area contributed by atoms with Gasteiger partial charge in [-0.15, -0.1) is 10.2 Å². The summed E-state index contributed by atoms with van der Waals surface area (Å²) in [7, 11) is 1.79. The minimum absolute atomic E-state index is 0.147. The van der Waals surface area contributed by atoms with Crippen LogP contribution >= 0.6 is 39.3 Å². The molecular weight excluding hydrogens is 526 g/mol. The number of halogens is 2. The van der Waals surface area contributed by atoms with Crippen LogP contribution in [0.15, 0.2) is 52.1 Å². The summed E-state index contributed by atoms with van der Waals surface area (Å²) in [4.78, 5) is 24.5. The maximum absolute atomic E-state index is 12.4. The number of carbonyl (C=O) groups is 2. The Balaban J connectivity index is 1.51. The van der Waals surface area contributed by atoms with Crippen molar-refractivity contribution >= 4 is 62.9 Å². The number of rotatable bonds is 8. The second-order valence-electron chi connectivity index (χ2n) is 7.28. The molecule has 0 spiro atoms. The summed E-state index contributed by atoms with van der Waals surface area (Å²) in [5, 5.41) is 15.1. The third kappa shape index (κ3) is 6.93. The first-order valence-corrected chi connectivity index (χ1v) is 12.2. The summed E-state index contributed by atoms with van der Waals surface area (Å²) in [5.41, 5.74) is 3.74. The molecule has 0 unspecified atom stereocenters. The molecule has 33 heavy (non-hydrogen) atoms. The van der Waals surface area contributed by atoms with Crippen LogP contribution in [0.4, 0.5) is 5.69 Å². The zero-order valence-electron chi connectivity index (χ0n) is 18.4. The van der Waals surface area contributed by atoms with E-state index in [-0.39, 0.29) is 24.1 Å². The van der Waals surface area contributed by atoms with Gasteiger partial charge in [0.15, 0.2) is 11.0 Å². The first-order valence-electron chi connectivity index (χ1n) is 10.0. The van der Waals surface area contributed by atoms with Crippen molar-refractivity contribution < 1.29 is 9.59 Å². The molecular formula is C23H23BrClN5O2S. The number of thioether (sulfide) groups is 1. The lowest BCUT2D eigenvalue weighted by Gasteiger charge is -2.10. The number of hydrogen-bond acceptors (Lipinski definition) is 5. The van der Waals surface area contributed by atoms with Gasteiger partial charge >= 0.3 is 0 Å². The van der Waals surface area contributed by atoms with Gasteiger partial charge in [0.2, 0.25) is 11.8 Å². The minimum atomic E-state index is -0.273. The SMILES string of the molecule is Cc1cc(Br)c(NC(=O)CSc2nnc(CNC(=O)/C=C/c3ccccc3Cl)n2C)cc1C. The minimum Gasteiger partial charge on any atom is -0.345 e. The van der Waals surface area contributed by atoms with Gasteiger partial charge in [-0.1, -0.05) is 41.6 Å². The number of carbonyl (C=O) groups excluding carboxylic acids is 2. The molecule has 2 aromatic carbocycles. The quantitative estimate of drug-likeness (QED) is 0.308. The molecule has 1 heterocycles. The molecule has 0 atom stereocenters. The Morgan fingerprint density at radius 2 is 1.91 bits per heavy atom. The fourth-order valence-corrected chi connectivity index (χ4v) is 4.30. The summed E-state index contributed by atoms with van der Waals surface area (Å²) in [6.45, 7) is 4.22. The number of benzene rings is 2. The standard InChI is InChI=1S/C23H23BrClN5O2S/c1-14-10-17(24)19(11-15(14)2)27-22(32)13-33-23-29-28-20(30(23)3)12-26-21(31)9-8-16-6-4-5-7-18(16)25/h4-11H,12-13H2,1-3H3,(H,26,31)(H,27,32)/b9-8+. The number of amides is 2. The second-order valence-corrected chi connectivity index (χ2v) is 9.49. The van der Waals surface area contributed by atoms with Crippen LogP contribution in [0.1, 0.15) is 22.5 Å². The van der Waals surface area contributed by atoms with Gasteiger partial charge in [0.05, 0.1) is 18.0 Å². The average molecular weight is 549 g/mol.